The molecule has 4 aromatic rings. The lowest BCUT2D eigenvalue weighted by atomic mass is 10.2. The molecule has 1 aromatic carbocycles. The first kappa shape index (κ1) is 13.4. The lowest BCUT2D eigenvalue weighted by Crippen LogP contribution is -1.98. The summed E-state index contributed by atoms with van der Waals surface area (Å²) in [6, 6.07) is 7.13. The summed E-state index contributed by atoms with van der Waals surface area (Å²) >= 11 is 1.65. The molecule has 0 amide bonds. The van der Waals surface area contributed by atoms with E-state index in [9.17, 15) is 4.39 Å². The number of para-hydroxylation sites is 1. The second-order valence-corrected chi connectivity index (χ2v) is 6.36. The van der Waals surface area contributed by atoms with Gasteiger partial charge in [-0.15, -0.1) is 11.3 Å². The molecule has 3 nitrogen and oxygen atoms in total. The summed E-state index contributed by atoms with van der Waals surface area (Å²) in [5.41, 5.74) is 4.99. The number of rotatable bonds is 1. The predicted octanol–water partition coefficient (Wildman–Crippen LogP) is 4.68. The van der Waals surface area contributed by atoms with Crippen molar-refractivity contribution >= 4 is 27.9 Å². The molecule has 3 aromatic heterocycles. The van der Waals surface area contributed by atoms with Gasteiger partial charge in [0.05, 0.1) is 27.3 Å². The highest BCUT2D eigenvalue weighted by atomic mass is 32.1. The summed E-state index contributed by atoms with van der Waals surface area (Å²) in [6.45, 7) is 5.95. The van der Waals surface area contributed by atoms with Crippen LogP contribution in [0.3, 0.4) is 0 Å². The quantitative estimate of drug-likeness (QED) is 0.511. The van der Waals surface area contributed by atoms with Crippen LogP contribution in [0.25, 0.3) is 27.3 Å². The number of aromatic nitrogens is 3. The fourth-order valence-corrected chi connectivity index (χ4v) is 3.86. The summed E-state index contributed by atoms with van der Waals surface area (Å²) in [7, 11) is 0. The first-order chi connectivity index (χ1) is 10.6. The topological polar surface area (TPSA) is 30.2 Å². The number of hydrogen-bond donors (Lipinski definition) is 0. The van der Waals surface area contributed by atoms with Crippen molar-refractivity contribution in [3.8, 4) is 10.7 Å². The summed E-state index contributed by atoms with van der Waals surface area (Å²) in [6.07, 6.45) is 0. The van der Waals surface area contributed by atoms with E-state index in [1.807, 2.05) is 24.3 Å². The van der Waals surface area contributed by atoms with Crippen molar-refractivity contribution < 1.29 is 4.39 Å². The van der Waals surface area contributed by atoms with Gasteiger partial charge in [-0.05, 0) is 49.9 Å². The van der Waals surface area contributed by atoms with Crippen molar-refractivity contribution in [3.05, 3.63) is 52.4 Å². The van der Waals surface area contributed by atoms with Crippen LogP contribution >= 0.6 is 11.3 Å². The number of hydrogen-bond acceptors (Lipinski definition) is 3. The predicted molar refractivity (Wildman–Crippen MR) is 88.0 cm³/mol. The van der Waals surface area contributed by atoms with Crippen molar-refractivity contribution in [1.82, 2.24) is 14.4 Å². The largest absolute Gasteiger partial charge is 0.288 e. The van der Waals surface area contributed by atoms with E-state index in [1.165, 1.54) is 11.6 Å². The monoisotopic (exact) mass is 311 g/mol. The molecule has 0 N–H and O–H groups in total. The van der Waals surface area contributed by atoms with Gasteiger partial charge in [-0.2, -0.15) is 0 Å². The van der Waals surface area contributed by atoms with Gasteiger partial charge in [-0.3, -0.25) is 4.40 Å². The van der Waals surface area contributed by atoms with E-state index in [2.05, 4.69) is 23.4 Å². The maximum atomic E-state index is 14.2. The fraction of sp³-hybridized carbons (Fsp3) is 0.176. The lowest BCUT2D eigenvalue weighted by Gasteiger charge is -2.08. The van der Waals surface area contributed by atoms with Crippen molar-refractivity contribution in [2.75, 3.05) is 0 Å². The van der Waals surface area contributed by atoms with Gasteiger partial charge in [0, 0.05) is 0 Å². The van der Waals surface area contributed by atoms with Crippen molar-refractivity contribution in [3.63, 3.8) is 0 Å². The fourth-order valence-electron chi connectivity index (χ4n) is 2.96. The molecule has 3 heterocycles. The highest BCUT2D eigenvalue weighted by Crippen LogP contribution is 2.33. The Labute approximate surface area is 131 Å². The van der Waals surface area contributed by atoms with Gasteiger partial charge in [0.25, 0.3) is 0 Å². The zero-order valence-corrected chi connectivity index (χ0v) is 13.3. The third-order valence-electron chi connectivity index (χ3n) is 3.95. The van der Waals surface area contributed by atoms with Crippen molar-refractivity contribution in [2.45, 2.75) is 20.8 Å². The number of nitrogens with zero attached hydrogens (tertiary/aromatic N) is 3. The third-order valence-corrected chi connectivity index (χ3v) is 4.96. The number of aryl methyl sites for hydroxylation is 3. The summed E-state index contributed by atoms with van der Waals surface area (Å²) in [5.74, 6) is 0.559. The number of benzene rings is 1. The van der Waals surface area contributed by atoms with E-state index in [0.717, 1.165) is 33.1 Å². The Morgan fingerprint density at radius 1 is 1.05 bits per heavy atom. The first-order valence-electron chi connectivity index (χ1n) is 7.06. The van der Waals surface area contributed by atoms with Crippen LogP contribution < -0.4 is 0 Å². The Morgan fingerprint density at radius 2 is 1.82 bits per heavy atom. The molecule has 0 unspecified atom stereocenters. The second kappa shape index (κ2) is 4.61. The summed E-state index contributed by atoms with van der Waals surface area (Å²) in [4.78, 5) is 10.3. The van der Waals surface area contributed by atoms with E-state index in [1.54, 1.807) is 17.4 Å². The molecule has 0 bridgehead atoms. The van der Waals surface area contributed by atoms with Gasteiger partial charge < -0.3 is 0 Å². The Kier molecular flexibility index (Phi) is 2.81. The molecule has 0 saturated heterocycles. The molecule has 0 aliphatic rings. The number of fused-ring (bicyclic) bond motifs is 3. The minimum atomic E-state index is -0.303. The van der Waals surface area contributed by atoms with Crippen LogP contribution in [0.2, 0.25) is 0 Å². The van der Waals surface area contributed by atoms with Crippen molar-refractivity contribution in [2.24, 2.45) is 0 Å². The lowest BCUT2D eigenvalue weighted by molar-refractivity contribution is 0.636. The van der Waals surface area contributed by atoms with Gasteiger partial charge in [0.2, 0.25) is 0 Å². The molecule has 0 atom stereocenters. The number of halogens is 1. The van der Waals surface area contributed by atoms with Crippen LogP contribution in [0, 0.1) is 26.6 Å². The standard InChI is InChI=1S/C17H14FN3S/c1-9-7-8-22-16(9)17-20-11(3)15-10(2)19-14-12(18)5-4-6-13(14)21(15)17/h4-8H,1-3H3. The van der Waals surface area contributed by atoms with Gasteiger partial charge >= 0.3 is 0 Å². The molecular weight excluding hydrogens is 297 g/mol. The number of thiophene rings is 1. The number of imidazole rings is 1. The van der Waals surface area contributed by atoms with E-state index >= 15 is 0 Å². The molecule has 110 valence electrons. The SMILES string of the molecule is Cc1ccsc1-c1nc(C)c2c(C)nc3c(F)cccc3n12. The van der Waals surface area contributed by atoms with Crippen LogP contribution in [0.4, 0.5) is 4.39 Å². The maximum Gasteiger partial charge on any atom is 0.155 e. The van der Waals surface area contributed by atoms with E-state index in [0.29, 0.717) is 5.52 Å². The third kappa shape index (κ3) is 1.72. The summed E-state index contributed by atoms with van der Waals surface area (Å²) in [5, 5.41) is 2.05. The van der Waals surface area contributed by atoms with Gasteiger partial charge in [0.1, 0.15) is 5.52 Å². The van der Waals surface area contributed by atoms with E-state index in [4.69, 9.17) is 4.98 Å². The minimum absolute atomic E-state index is 0.303. The summed E-state index contributed by atoms with van der Waals surface area (Å²) < 4.78 is 16.2. The Bertz CT molecular complexity index is 1030. The highest BCUT2D eigenvalue weighted by Gasteiger charge is 2.19. The van der Waals surface area contributed by atoms with Crippen LogP contribution in [0.15, 0.2) is 29.6 Å². The Balaban J connectivity index is 2.27. The molecule has 5 heteroatoms. The first-order valence-corrected chi connectivity index (χ1v) is 7.94. The smallest absolute Gasteiger partial charge is 0.155 e. The molecule has 0 aliphatic carbocycles. The molecule has 0 fully saturated rings. The molecule has 22 heavy (non-hydrogen) atoms. The van der Waals surface area contributed by atoms with Crippen LogP contribution in [-0.2, 0) is 0 Å². The molecular formula is C17H14FN3S. The Morgan fingerprint density at radius 3 is 2.55 bits per heavy atom. The maximum absolute atomic E-state index is 14.2. The van der Waals surface area contributed by atoms with Crippen molar-refractivity contribution in [1.29, 1.82) is 0 Å². The zero-order valence-electron chi connectivity index (χ0n) is 12.5. The van der Waals surface area contributed by atoms with Crippen LogP contribution in [0.5, 0.6) is 0 Å². The molecule has 0 saturated carbocycles. The van der Waals surface area contributed by atoms with Gasteiger partial charge in [-0.1, -0.05) is 6.07 Å². The van der Waals surface area contributed by atoms with Gasteiger partial charge in [0.15, 0.2) is 11.6 Å². The van der Waals surface area contributed by atoms with Crippen LogP contribution in [0.1, 0.15) is 17.0 Å². The molecule has 0 radical (unpaired) electrons. The molecule has 4 rings (SSSR count). The highest BCUT2D eigenvalue weighted by molar-refractivity contribution is 7.13. The minimum Gasteiger partial charge on any atom is -0.288 e. The second-order valence-electron chi connectivity index (χ2n) is 5.44. The van der Waals surface area contributed by atoms with Gasteiger partial charge in [-0.25, -0.2) is 14.4 Å². The Hall–Kier alpha value is -2.27. The average molecular weight is 311 g/mol. The molecule has 0 aliphatic heterocycles. The van der Waals surface area contributed by atoms with E-state index < -0.39 is 0 Å². The normalized spacial score (nSPS) is 11.6. The molecule has 0 spiro atoms. The van der Waals surface area contributed by atoms with Crippen LogP contribution in [-0.4, -0.2) is 14.4 Å². The average Bonchev–Trinajstić information content (AvgIpc) is 3.04. The van der Waals surface area contributed by atoms with E-state index in [-0.39, 0.29) is 5.82 Å². The zero-order chi connectivity index (χ0) is 15.4.